The average Bonchev–Trinajstić information content (AvgIpc) is 2.04. The van der Waals surface area contributed by atoms with Crippen LogP contribution in [0.4, 0.5) is 4.39 Å². The molecule has 3 heteroatoms. The Labute approximate surface area is 83.7 Å². The van der Waals surface area contributed by atoms with Gasteiger partial charge < -0.3 is 0 Å². The molecule has 0 nitrogen and oxygen atoms in total. The van der Waals surface area contributed by atoms with Gasteiger partial charge in [0.1, 0.15) is 5.82 Å². The summed E-state index contributed by atoms with van der Waals surface area (Å²) in [6, 6.07) is 5.38. The third-order valence-electron chi connectivity index (χ3n) is 1.37. The minimum atomic E-state index is -0.105. The normalized spacial score (nSPS) is 10.1. The Balaban J connectivity index is 2.99. The van der Waals surface area contributed by atoms with Gasteiger partial charge in [0.05, 0.1) is 0 Å². The van der Waals surface area contributed by atoms with Gasteiger partial charge in [0.2, 0.25) is 0 Å². The van der Waals surface area contributed by atoms with E-state index in [1.807, 2.05) is 18.4 Å². The predicted octanol–water partition coefficient (Wildman–Crippen LogP) is 3.48. The fraction of sp³-hybridized carbons (Fsp3) is 0.250. The predicted molar refractivity (Wildman–Crippen MR) is 55.9 cm³/mol. The number of halogens is 2. The van der Waals surface area contributed by atoms with E-state index in [1.54, 1.807) is 6.07 Å². The second-order valence-electron chi connectivity index (χ2n) is 2.10. The van der Waals surface area contributed by atoms with Crippen molar-refractivity contribution < 1.29 is 4.39 Å². The van der Waals surface area contributed by atoms with Crippen LogP contribution in [-0.2, 0) is 4.43 Å². The van der Waals surface area contributed by atoms with E-state index in [1.165, 1.54) is 11.8 Å². The topological polar surface area (TPSA) is 0 Å². The van der Waals surface area contributed by atoms with Gasteiger partial charge in [-0.2, -0.15) is 0 Å². The van der Waals surface area contributed by atoms with Crippen molar-refractivity contribution in [2.75, 3.05) is 6.26 Å². The first-order valence-corrected chi connectivity index (χ1v) is 5.91. The van der Waals surface area contributed by atoms with Crippen LogP contribution in [0.25, 0.3) is 0 Å². The molecule has 0 unspecified atom stereocenters. The first-order chi connectivity index (χ1) is 5.27. The molecular formula is C8H8FIS. The molecule has 0 N–H and O–H groups in total. The third kappa shape index (κ3) is 2.33. The van der Waals surface area contributed by atoms with Gasteiger partial charge >= 0.3 is 0 Å². The van der Waals surface area contributed by atoms with Crippen LogP contribution in [0.3, 0.4) is 0 Å². The summed E-state index contributed by atoms with van der Waals surface area (Å²) in [5.41, 5.74) is 1.04. The highest BCUT2D eigenvalue weighted by Gasteiger charge is 2.00. The van der Waals surface area contributed by atoms with E-state index in [9.17, 15) is 4.39 Å². The van der Waals surface area contributed by atoms with Crippen LogP contribution in [0.5, 0.6) is 0 Å². The van der Waals surface area contributed by atoms with Gasteiger partial charge in [-0.1, -0.05) is 28.7 Å². The van der Waals surface area contributed by atoms with Gasteiger partial charge in [0.15, 0.2) is 0 Å². The van der Waals surface area contributed by atoms with Gasteiger partial charge in [0.25, 0.3) is 0 Å². The quantitative estimate of drug-likeness (QED) is 0.454. The van der Waals surface area contributed by atoms with E-state index < -0.39 is 0 Å². The van der Waals surface area contributed by atoms with Crippen molar-refractivity contribution in [2.24, 2.45) is 0 Å². The van der Waals surface area contributed by atoms with Crippen LogP contribution in [0.1, 0.15) is 5.56 Å². The monoisotopic (exact) mass is 282 g/mol. The zero-order valence-electron chi connectivity index (χ0n) is 6.10. The lowest BCUT2D eigenvalue weighted by Crippen LogP contribution is -1.83. The highest BCUT2D eigenvalue weighted by molar-refractivity contribution is 14.1. The molecule has 1 rings (SSSR count). The van der Waals surface area contributed by atoms with E-state index in [4.69, 9.17) is 0 Å². The SMILES string of the molecule is CSc1ccc(CI)cc1F. The van der Waals surface area contributed by atoms with Crippen molar-refractivity contribution in [3.05, 3.63) is 29.6 Å². The smallest absolute Gasteiger partial charge is 0.137 e. The van der Waals surface area contributed by atoms with Gasteiger partial charge in [-0.15, -0.1) is 11.8 Å². The summed E-state index contributed by atoms with van der Waals surface area (Å²) in [6.07, 6.45) is 1.88. The van der Waals surface area contributed by atoms with Gasteiger partial charge in [-0.05, 0) is 24.0 Å². The number of hydrogen-bond donors (Lipinski definition) is 0. The maximum Gasteiger partial charge on any atom is 0.137 e. The molecule has 0 amide bonds. The lowest BCUT2D eigenvalue weighted by Gasteiger charge is -2.00. The molecule has 1 aromatic rings. The molecular weight excluding hydrogens is 274 g/mol. The van der Waals surface area contributed by atoms with Crippen molar-refractivity contribution in [3.8, 4) is 0 Å². The molecule has 0 saturated carbocycles. The summed E-state index contributed by atoms with van der Waals surface area (Å²) in [5, 5.41) is 0. The maximum absolute atomic E-state index is 13.0. The Morgan fingerprint density at radius 2 is 2.27 bits per heavy atom. The van der Waals surface area contributed by atoms with Crippen LogP contribution in [0.2, 0.25) is 0 Å². The highest BCUT2D eigenvalue weighted by atomic mass is 127. The Morgan fingerprint density at radius 3 is 2.73 bits per heavy atom. The van der Waals surface area contributed by atoms with Crippen LogP contribution in [0, 0.1) is 5.82 Å². The molecule has 60 valence electrons. The van der Waals surface area contributed by atoms with Crippen molar-refractivity contribution >= 4 is 34.4 Å². The summed E-state index contributed by atoms with van der Waals surface area (Å²) in [4.78, 5) is 0.721. The fourth-order valence-corrected chi connectivity index (χ4v) is 1.73. The van der Waals surface area contributed by atoms with Crippen LogP contribution in [0.15, 0.2) is 23.1 Å². The van der Waals surface area contributed by atoms with Crippen molar-refractivity contribution in [2.45, 2.75) is 9.32 Å². The molecule has 0 atom stereocenters. The standard InChI is InChI=1S/C8H8FIS/c1-11-8-3-2-6(5-10)4-7(8)9/h2-4H,5H2,1H3. The highest BCUT2D eigenvalue weighted by Crippen LogP contribution is 2.20. The van der Waals surface area contributed by atoms with Crippen LogP contribution >= 0.6 is 34.4 Å². The zero-order valence-corrected chi connectivity index (χ0v) is 9.08. The largest absolute Gasteiger partial charge is 0.206 e. The van der Waals surface area contributed by atoms with E-state index in [0.717, 1.165) is 14.9 Å². The van der Waals surface area contributed by atoms with Crippen LogP contribution in [-0.4, -0.2) is 6.26 Å². The first kappa shape index (κ1) is 9.32. The number of alkyl halides is 1. The first-order valence-electron chi connectivity index (χ1n) is 3.16. The number of hydrogen-bond acceptors (Lipinski definition) is 1. The molecule has 0 fully saturated rings. The van der Waals surface area contributed by atoms with E-state index in [2.05, 4.69) is 22.6 Å². The number of rotatable bonds is 2. The van der Waals surface area contributed by atoms with Crippen molar-refractivity contribution in [1.82, 2.24) is 0 Å². The Hall–Kier alpha value is 0.230. The minimum absolute atomic E-state index is 0.105. The lowest BCUT2D eigenvalue weighted by molar-refractivity contribution is 0.601. The van der Waals surface area contributed by atoms with E-state index in [-0.39, 0.29) is 5.82 Å². The summed E-state index contributed by atoms with van der Waals surface area (Å²) < 4.78 is 13.9. The molecule has 0 bridgehead atoms. The third-order valence-corrected chi connectivity index (χ3v) is 3.02. The van der Waals surface area contributed by atoms with Gasteiger partial charge in [0, 0.05) is 9.32 Å². The second-order valence-corrected chi connectivity index (χ2v) is 3.71. The Morgan fingerprint density at radius 1 is 1.55 bits per heavy atom. The molecule has 0 aromatic heterocycles. The minimum Gasteiger partial charge on any atom is -0.206 e. The van der Waals surface area contributed by atoms with Gasteiger partial charge in [-0.25, -0.2) is 4.39 Å². The molecule has 1 aromatic carbocycles. The Bertz CT molecular complexity index is 250. The summed E-state index contributed by atoms with van der Waals surface area (Å²) in [6.45, 7) is 0. The number of benzene rings is 1. The molecule has 0 saturated heterocycles. The molecule has 0 heterocycles. The molecule has 0 aliphatic rings. The maximum atomic E-state index is 13.0. The summed E-state index contributed by atoms with van der Waals surface area (Å²) >= 11 is 3.66. The molecule has 0 aliphatic heterocycles. The Kier molecular flexibility index (Phi) is 3.65. The molecule has 11 heavy (non-hydrogen) atoms. The molecule has 0 spiro atoms. The summed E-state index contributed by atoms with van der Waals surface area (Å²) in [5.74, 6) is -0.105. The summed E-state index contributed by atoms with van der Waals surface area (Å²) in [7, 11) is 0. The molecule has 0 aliphatic carbocycles. The zero-order chi connectivity index (χ0) is 8.27. The lowest BCUT2D eigenvalue weighted by atomic mass is 10.2. The average molecular weight is 282 g/mol. The van der Waals surface area contributed by atoms with Gasteiger partial charge in [-0.3, -0.25) is 0 Å². The number of thioether (sulfide) groups is 1. The molecule has 0 radical (unpaired) electrons. The second kappa shape index (κ2) is 4.30. The van der Waals surface area contributed by atoms with Crippen molar-refractivity contribution in [1.29, 1.82) is 0 Å². The van der Waals surface area contributed by atoms with Crippen molar-refractivity contribution in [3.63, 3.8) is 0 Å². The van der Waals surface area contributed by atoms with E-state index >= 15 is 0 Å². The van der Waals surface area contributed by atoms with Crippen LogP contribution < -0.4 is 0 Å². The fourth-order valence-electron chi connectivity index (χ4n) is 0.793. The van der Waals surface area contributed by atoms with E-state index in [0.29, 0.717) is 0 Å².